The fourth-order valence-electron chi connectivity index (χ4n) is 1.17. The lowest BCUT2D eigenvalue weighted by molar-refractivity contribution is 0.695. The summed E-state index contributed by atoms with van der Waals surface area (Å²) in [6.07, 6.45) is 7.61. The van der Waals surface area contributed by atoms with E-state index in [1.165, 1.54) is 5.57 Å². The third-order valence-electron chi connectivity index (χ3n) is 1.89. The predicted molar refractivity (Wildman–Crippen MR) is 45.4 cm³/mol. The molecule has 0 amide bonds. The number of aliphatic imine (C=N–C) groups is 1. The zero-order chi connectivity index (χ0) is 7.40. The van der Waals surface area contributed by atoms with Gasteiger partial charge in [0, 0.05) is 6.54 Å². The third-order valence-corrected chi connectivity index (χ3v) is 1.89. The molecule has 1 atom stereocenters. The molecule has 1 nitrogen and oxygen atoms in total. The highest BCUT2D eigenvalue weighted by atomic mass is 14.7. The number of hydrogen-bond donors (Lipinski definition) is 0. The van der Waals surface area contributed by atoms with Gasteiger partial charge < -0.3 is 4.99 Å². The number of hydrogen-bond acceptors (Lipinski definition) is 1. The maximum Gasteiger partial charge on any atom is 0.0390 e. The first-order valence-electron chi connectivity index (χ1n) is 3.62. The zero-order valence-electron chi connectivity index (χ0n) is 6.38. The standard InChI is InChI=1S/C9H13N/c1-8-4-3-5-9(8)6-7-10-2/h3-5,9H,2,6-7H2,1H3. The second-order valence-corrected chi connectivity index (χ2v) is 2.64. The van der Waals surface area contributed by atoms with Gasteiger partial charge >= 0.3 is 0 Å². The van der Waals surface area contributed by atoms with Crippen molar-refractivity contribution in [3.63, 3.8) is 0 Å². The molecule has 0 N–H and O–H groups in total. The minimum atomic E-state index is 0.630. The molecule has 0 bridgehead atoms. The van der Waals surface area contributed by atoms with Gasteiger partial charge in [-0.25, -0.2) is 0 Å². The van der Waals surface area contributed by atoms with Gasteiger partial charge in [0.1, 0.15) is 0 Å². The van der Waals surface area contributed by atoms with Crippen LogP contribution in [-0.4, -0.2) is 13.3 Å². The first-order chi connectivity index (χ1) is 4.84. The van der Waals surface area contributed by atoms with E-state index >= 15 is 0 Å². The normalized spacial score (nSPS) is 22.9. The van der Waals surface area contributed by atoms with E-state index in [4.69, 9.17) is 0 Å². The number of allylic oxidation sites excluding steroid dienone is 4. The molecule has 0 saturated heterocycles. The lowest BCUT2D eigenvalue weighted by atomic mass is 10.0. The molecule has 0 aliphatic heterocycles. The maximum absolute atomic E-state index is 3.82. The quantitative estimate of drug-likeness (QED) is 0.526. The van der Waals surface area contributed by atoms with Crippen molar-refractivity contribution < 1.29 is 0 Å². The van der Waals surface area contributed by atoms with Gasteiger partial charge in [0.15, 0.2) is 0 Å². The SMILES string of the molecule is C=NCCC1C=CC=C1C. The van der Waals surface area contributed by atoms with Gasteiger partial charge in [-0.15, -0.1) is 0 Å². The lowest BCUT2D eigenvalue weighted by Crippen LogP contribution is -1.96. The van der Waals surface area contributed by atoms with Crippen molar-refractivity contribution in [1.82, 2.24) is 0 Å². The van der Waals surface area contributed by atoms with Crippen LogP contribution in [0.25, 0.3) is 0 Å². The summed E-state index contributed by atoms with van der Waals surface area (Å²) in [7, 11) is 0. The number of nitrogens with zero attached hydrogens (tertiary/aromatic N) is 1. The Morgan fingerprint density at radius 3 is 3.00 bits per heavy atom. The van der Waals surface area contributed by atoms with Crippen molar-refractivity contribution in [3.05, 3.63) is 23.8 Å². The highest BCUT2D eigenvalue weighted by Crippen LogP contribution is 2.21. The molecular weight excluding hydrogens is 122 g/mol. The number of rotatable bonds is 3. The smallest absolute Gasteiger partial charge is 0.0390 e. The summed E-state index contributed by atoms with van der Waals surface area (Å²) in [5.41, 5.74) is 1.45. The molecule has 0 heterocycles. The summed E-state index contributed by atoms with van der Waals surface area (Å²) >= 11 is 0. The van der Waals surface area contributed by atoms with Gasteiger partial charge in [0.2, 0.25) is 0 Å². The van der Waals surface area contributed by atoms with Gasteiger partial charge in [-0.3, -0.25) is 0 Å². The summed E-state index contributed by atoms with van der Waals surface area (Å²) < 4.78 is 0. The van der Waals surface area contributed by atoms with E-state index < -0.39 is 0 Å². The van der Waals surface area contributed by atoms with Crippen molar-refractivity contribution >= 4 is 6.72 Å². The van der Waals surface area contributed by atoms with E-state index in [1.807, 2.05) is 0 Å². The minimum Gasteiger partial charge on any atom is -0.301 e. The second kappa shape index (κ2) is 3.35. The second-order valence-electron chi connectivity index (χ2n) is 2.64. The van der Waals surface area contributed by atoms with E-state index in [0.717, 1.165) is 13.0 Å². The molecule has 54 valence electrons. The highest BCUT2D eigenvalue weighted by Gasteiger charge is 2.08. The van der Waals surface area contributed by atoms with Crippen LogP contribution < -0.4 is 0 Å². The molecule has 0 aromatic rings. The first-order valence-corrected chi connectivity index (χ1v) is 3.62. The fourth-order valence-corrected chi connectivity index (χ4v) is 1.17. The van der Waals surface area contributed by atoms with Crippen LogP contribution in [0.4, 0.5) is 0 Å². The Labute approximate surface area is 62.2 Å². The van der Waals surface area contributed by atoms with Gasteiger partial charge in [0.05, 0.1) is 0 Å². The molecule has 0 saturated carbocycles. The van der Waals surface area contributed by atoms with Crippen LogP contribution in [0.2, 0.25) is 0 Å². The van der Waals surface area contributed by atoms with Crippen molar-refractivity contribution in [2.45, 2.75) is 13.3 Å². The average molecular weight is 135 g/mol. The Balaban J connectivity index is 2.35. The van der Waals surface area contributed by atoms with Crippen molar-refractivity contribution in [2.24, 2.45) is 10.9 Å². The molecule has 0 spiro atoms. The van der Waals surface area contributed by atoms with Crippen LogP contribution in [0.15, 0.2) is 28.8 Å². The maximum atomic E-state index is 3.82. The molecule has 0 aromatic heterocycles. The van der Waals surface area contributed by atoms with Crippen molar-refractivity contribution in [1.29, 1.82) is 0 Å². The summed E-state index contributed by atoms with van der Waals surface area (Å²) in [6.45, 7) is 6.49. The monoisotopic (exact) mass is 135 g/mol. The molecule has 1 aliphatic carbocycles. The largest absolute Gasteiger partial charge is 0.301 e. The van der Waals surface area contributed by atoms with E-state index in [9.17, 15) is 0 Å². The summed E-state index contributed by atoms with van der Waals surface area (Å²) in [4.78, 5) is 3.82. The zero-order valence-corrected chi connectivity index (χ0v) is 6.38. The Hall–Kier alpha value is -0.850. The van der Waals surface area contributed by atoms with E-state index in [1.54, 1.807) is 0 Å². The summed E-state index contributed by atoms with van der Waals surface area (Å²) in [6, 6.07) is 0. The van der Waals surface area contributed by atoms with Gasteiger partial charge in [-0.2, -0.15) is 0 Å². The fraction of sp³-hybridized carbons (Fsp3) is 0.444. The van der Waals surface area contributed by atoms with E-state index in [2.05, 4.69) is 36.9 Å². The molecule has 1 aliphatic rings. The van der Waals surface area contributed by atoms with Gasteiger partial charge in [-0.05, 0) is 26.0 Å². The van der Waals surface area contributed by atoms with E-state index in [-0.39, 0.29) is 0 Å². The molecule has 1 heteroatoms. The van der Waals surface area contributed by atoms with Crippen LogP contribution in [-0.2, 0) is 0 Å². The average Bonchev–Trinajstić information content (AvgIpc) is 2.31. The molecule has 10 heavy (non-hydrogen) atoms. The molecule has 0 fully saturated rings. The van der Waals surface area contributed by atoms with Gasteiger partial charge in [0.25, 0.3) is 0 Å². The molecule has 0 radical (unpaired) electrons. The Morgan fingerprint density at radius 1 is 1.70 bits per heavy atom. The van der Waals surface area contributed by atoms with Gasteiger partial charge in [-0.1, -0.05) is 23.8 Å². The Bertz CT molecular complexity index is 177. The van der Waals surface area contributed by atoms with Crippen LogP contribution in [0.1, 0.15) is 13.3 Å². The topological polar surface area (TPSA) is 12.4 Å². The van der Waals surface area contributed by atoms with Crippen molar-refractivity contribution in [3.8, 4) is 0 Å². The Kier molecular flexibility index (Phi) is 2.43. The van der Waals surface area contributed by atoms with Crippen LogP contribution >= 0.6 is 0 Å². The molecule has 0 aromatic carbocycles. The summed E-state index contributed by atoms with van der Waals surface area (Å²) in [5, 5.41) is 0. The molecule has 1 unspecified atom stereocenters. The molecular formula is C9H13N. The van der Waals surface area contributed by atoms with Crippen LogP contribution in [0.5, 0.6) is 0 Å². The summed E-state index contributed by atoms with van der Waals surface area (Å²) in [5.74, 6) is 0.630. The first kappa shape index (κ1) is 7.26. The highest BCUT2D eigenvalue weighted by molar-refractivity contribution is 5.26. The minimum absolute atomic E-state index is 0.630. The van der Waals surface area contributed by atoms with E-state index in [0.29, 0.717) is 5.92 Å². The Morgan fingerprint density at radius 2 is 2.50 bits per heavy atom. The molecule has 1 rings (SSSR count). The van der Waals surface area contributed by atoms with Crippen molar-refractivity contribution in [2.75, 3.05) is 6.54 Å². The van der Waals surface area contributed by atoms with Crippen LogP contribution in [0.3, 0.4) is 0 Å². The predicted octanol–water partition coefficient (Wildman–Crippen LogP) is 2.21. The third kappa shape index (κ3) is 1.56. The van der Waals surface area contributed by atoms with Crippen LogP contribution in [0, 0.1) is 5.92 Å². The lowest BCUT2D eigenvalue weighted by Gasteiger charge is -2.06.